The lowest BCUT2D eigenvalue weighted by Gasteiger charge is -2.32. The third-order valence-electron chi connectivity index (χ3n) is 6.27. The number of benzene rings is 2. The Morgan fingerprint density at radius 3 is 2.63 bits per heavy atom. The second-order valence-electron chi connectivity index (χ2n) is 8.71. The summed E-state index contributed by atoms with van der Waals surface area (Å²) in [5, 5.41) is 13.2. The molecule has 1 saturated heterocycles. The van der Waals surface area contributed by atoms with Crippen molar-refractivity contribution < 1.29 is 14.1 Å². The molecule has 8 nitrogen and oxygen atoms in total. The maximum absolute atomic E-state index is 13.1. The lowest BCUT2D eigenvalue weighted by atomic mass is 10.1. The SMILES string of the molecule is Cc1ccc(CNC(=O)c2nc(-c3ccccc3N3CCCCS3(=O)=S)n(C)c(=O)c2O)cc1C. The number of nitrogens with zero attached hydrogens (tertiary/aromatic N) is 3. The average molecular weight is 513 g/mol. The second-order valence-corrected chi connectivity index (χ2v) is 12.3. The van der Waals surface area contributed by atoms with Crippen LogP contribution in [-0.4, -0.2) is 37.1 Å². The fourth-order valence-electron chi connectivity index (χ4n) is 4.11. The quantitative estimate of drug-likeness (QED) is 0.545. The van der Waals surface area contributed by atoms with E-state index in [4.69, 9.17) is 11.2 Å². The fourth-order valence-corrected chi connectivity index (χ4v) is 6.58. The fraction of sp³-hybridized carbons (Fsp3) is 0.320. The molecule has 10 heteroatoms. The van der Waals surface area contributed by atoms with Gasteiger partial charge in [0.25, 0.3) is 11.5 Å². The summed E-state index contributed by atoms with van der Waals surface area (Å²) in [6, 6.07) is 12.9. The summed E-state index contributed by atoms with van der Waals surface area (Å²) < 4.78 is 16.0. The van der Waals surface area contributed by atoms with Crippen molar-refractivity contribution in [2.45, 2.75) is 33.2 Å². The van der Waals surface area contributed by atoms with E-state index in [1.807, 2.05) is 32.0 Å². The Morgan fingerprint density at radius 1 is 1.17 bits per heavy atom. The Morgan fingerprint density at radius 2 is 1.91 bits per heavy atom. The van der Waals surface area contributed by atoms with Crippen molar-refractivity contribution >= 4 is 31.5 Å². The highest BCUT2D eigenvalue weighted by molar-refractivity contribution is 8.33. The van der Waals surface area contributed by atoms with Crippen molar-refractivity contribution in [3.63, 3.8) is 0 Å². The molecule has 2 N–H and O–H groups in total. The van der Waals surface area contributed by atoms with Crippen molar-refractivity contribution in [1.82, 2.24) is 14.9 Å². The van der Waals surface area contributed by atoms with Crippen molar-refractivity contribution in [3.05, 3.63) is 75.2 Å². The molecular weight excluding hydrogens is 484 g/mol. The van der Waals surface area contributed by atoms with Crippen LogP contribution >= 0.6 is 0 Å². The van der Waals surface area contributed by atoms with E-state index in [-0.39, 0.29) is 18.1 Å². The Kier molecular flexibility index (Phi) is 6.95. The molecule has 1 atom stereocenters. The first kappa shape index (κ1) is 24.9. The van der Waals surface area contributed by atoms with Gasteiger partial charge in [-0.05, 0) is 55.5 Å². The molecule has 0 aliphatic carbocycles. The van der Waals surface area contributed by atoms with Crippen LogP contribution in [0.15, 0.2) is 47.3 Å². The Labute approximate surface area is 209 Å². The summed E-state index contributed by atoms with van der Waals surface area (Å²) in [6.45, 7) is 4.73. The number of aromatic nitrogens is 2. The second kappa shape index (κ2) is 9.79. The molecule has 1 aromatic heterocycles. The zero-order valence-electron chi connectivity index (χ0n) is 19.9. The summed E-state index contributed by atoms with van der Waals surface area (Å²) in [6.07, 6.45) is 1.64. The van der Waals surface area contributed by atoms with Crippen LogP contribution in [0.1, 0.15) is 40.0 Å². The molecule has 1 amide bonds. The summed E-state index contributed by atoms with van der Waals surface area (Å²) in [7, 11) is -1.22. The number of hydrogen-bond acceptors (Lipinski definition) is 6. The number of hydrogen-bond donors (Lipinski definition) is 2. The molecule has 0 saturated carbocycles. The largest absolute Gasteiger partial charge is 0.501 e. The maximum Gasteiger partial charge on any atom is 0.296 e. The van der Waals surface area contributed by atoms with E-state index in [1.165, 1.54) is 11.6 Å². The minimum absolute atomic E-state index is 0.176. The van der Waals surface area contributed by atoms with Crippen LogP contribution < -0.4 is 15.2 Å². The van der Waals surface area contributed by atoms with Gasteiger partial charge in [-0.25, -0.2) is 9.19 Å². The van der Waals surface area contributed by atoms with Crippen LogP contribution in [0.4, 0.5) is 5.69 Å². The maximum atomic E-state index is 13.1. The number of rotatable bonds is 5. The van der Waals surface area contributed by atoms with Crippen molar-refractivity contribution in [2.24, 2.45) is 7.05 Å². The molecule has 3 aromatic rings. The van der Waals surface area contributed by atoms with Crippen molar-refractivity contribution in [2.75, 3.05) is 16.6 Å². The number of para-hydroxylation sites is 1. The first-order valence-electron chi connectivity index (χ1n) is 11.3. The lowest BCUT2D eigenvalue weighted by molar-refractivity contribution is 0.0942. The molecule has 184 valence electrons. The number of anilines is 1. The van der Waals surface area contributed by atoms with Gasteiger partial charge in [0, 0.05) is 42.6 Å². The average Bonchev–Trinajstić information content (AvgIpc) is 2.83. The van der Waals surface area contributed by atoms with Crippen molar-refractivity contribution in [3.8, 4) is 17.1 Å². The van der Waals surface area contributed by atoms with Gasteiger partial charge in [-0.15, -0.1) is 0 Å². The van der Waals surface area contributed by atoms with E-state index in [9.17, 15) is 18.9 Å². The normalized spacial score (nSPS) is 17.9. The minimum Gasteiger partial charge on any atom is -0.501 e. The Balaban J connectivity index is 1.73. The van der Waals surface area contributed by atoms with Crippen molar-refractivity contribution in [1.29, 1.82) is 0 Å². The van der Waals surface area contributed by atoms with E-state index in [0.29, 0.717) is 23.5 Å². The zero-order valence-corrected chi connectivity index (χ0v) is 21.5. The molecule has 2 aromatic carbocycles. The Hall–Kier alpha value is -3.24. The number of aryl methyl sites for hydroxylation is 2. The zero-order chi connectivity index (χ0) is 25.3. The molecule has 1 unspecified atom stereocenters. The number of amides is 1. The number of carbonyl (C=O) groups excluding carboxylic acids is 1. The summed E-state index contributed by atoms with van der Waals surface area (Å²) in [4.78, 5) is 30.2. The summed E-state index contributed by atoms with van der Waals surface area (Å²) >= 11 is 5.41. The van der Waals surface area contributed by atoms with Crippen LogP contribution in [0.5, 0.6) is 5.75 Å². The molecule has 0 bridgehead atoms. The van der Waals surface area contributed by atoms with Gasteiger partial charge in [0.05, 0.1) is 5.69 Å². The van der Waals surface area contributed by atoms with E-state index in [2.05, 4.69) is 10.3 Å². The molecule has 35 heavy (non-hydrogen) atoms. The third-order valence-corrected chi connectivity index (χ3v) is 9.16. The smallest absolute Gasteiger partial charge is 0.296 e. The van der Waals surface area contributed by atoms with E-state index in [0.717, 1.165) is 29.5 Å². The molecule has 0 radical (unpaired) electrons. The van der Waals surface area contributed by atoms with Gasteiger partial charge in [-0.1, -0.05) is 30.3 Å². The molecular formula is C25H28N4O4S2. The highest BCUT2D eigenvalue weighted by Gasteiger charge is 2.27. The van der Waals surface area contributed by atoms with Gasteiger partial charge in [0.2, 0.25) is 5.75 Å². The van der Waals surface area contributed by atoms with Gasteiger partial charge in [-0.2, -0.15) is 0 Å². The first-order valence-corrected chi connectivity index (χ1v) is 13.9. The van der Waals surface area contributed by atoms with Crippen LogP contribution in [0.3, 0.4) is 0 Å². The van der Waals surface area contributed by atoms with Gasteiger partial charge in [0.15, 0.2) is 5.69 Å². The first-order chi connectivity index (χ1) is 16.6. The van der Waals surface area contributed by atoms with Gasteiger partial charge in [-0.3, -0.25) is 18.5 Å². The van der Waals surface area contributed by atoms with Gasteiger partial charge < -0.3 is 10.4 Å². The molecule has 1 aliphatic rings. The number of carbonyl (C=O) groups is 1. The van der Waals surface area contributed by atoms with Crippen LogP contribution in [0.2, 0.25) is 0 Å². The topological polar surface area (TPSA) is 105 Å². The summed E-state index contributed by atoms with van der Waals surface area (Å²) in [5.41, 5.74) is 3.11. The lowest BCUT2D eigenvalue weighted by Crippen LogP contribution is -2.37. The minimum atomic E-state index is -2.69. The molecule has 0 spiro atoms. The third kappa shape index (κ3) is 4.94. The summed E-state index contributed by atoms with van der Waals surface area (Å²) in [5.74, 6) is -0.806. The van der Waals surface area contributed by atoms with Crippen LogP contribution in [0, 0.1) is 13.8 Å². The Bertz CT molecular complexity index is 1460. The van der Waals surface area contributed by atoms with Gasteiger partial charge in [0.1, 0.15) is 14.5 Å². The number of aromatic hydroxyl groups is 1. The highest BCUT2D eigenvalue weighted by Crippen LogP contribution is 2.33. The monoisotopic (exact) mass is 512 g/mol. The van der Waals surface area contributed by atoms with E-state index >= 15 is 0 Å². The number of nitrogens with one attached hydrogen (secondary N) is 1. The molecule has 1 aliphatic heterocycles. The molecule has 2 heterocycles. The highest BCUT2D eigenvalue weighted by atomic mass is 32.8. The molecule has 4 rings (SSSR count). The predicted octanol–water partition coefficient (Wildman–Crippen LogP) is 2.96. The standard InChI is InChI=1S/C25H28N4O4S2/c1-16-10-11-18(14-17(16)2)15-26-24(31)21-22(30)25(32)28(3)23(27-21)19-8-4-5-9-20(19)29-12-6-7-13-35(29,33)34/h4-5,8-11,14,30H,6-7,12-13,15H2,1-3H3,(H,26,31). The molecule has 1 fully saturated rings. The van der Waals surface area contributed by atoms with E-state index < -0.39 is 25.9 Å². The van der Waals surface area contributed by atoms with Crippen LogP contribution in [0.25, 0.3) is 11.4 Å². The van der Waals surface area contributed by atoms with Gasteiger partial charge >= 0.3 is 0 Å². The van der Waals surface area contributed by atoms with Crippen LogP contribution in [-0.2, 0) is 33.5 Å². The predicted molar refractivity (Wildman–Crippen MR) is 141 cm³/mol. The van der Waals surface area contributed by atoms with E-state index in [1.54, 1.807) is 28.6 Å².